The van der Waals surface area contributed by atoms with Gasteiger partial charge in [-0.3, -0.25) is 9.59 Å². The number of hydrogen-bond donors (Lipinski definition) is 0. The van der Waals surface area contributed by atoms with Crippen molar-refractivity contribution in [3.05, 3.63) is 63.7 Å². The van der Waals surface area contributed by atoms with Crippen LogP contribution in [-0.2, 0) is 16.1 Å². The van der Waals surface area contributed by atoms with Crippen LogP contribution in [0.1, 0.15) is 10.4 Å². The van der Waals surface area contributed by atoms with Gasteiger partial charge in [0.2, 0.25) is 0 Å². The van der Waals surface area contributed by atoms with Gasteiger partial charge in [-0.25, -0.2) is 4.39 Å². The van der Waals surface area contributed by atoms with Gasteiger partial charge in [-0.15, -0.1) is 0 Å². The molecule has 0 aliphatic heterocycles. The Morgan fingerprint density at radius 2 is 1.96 bits per heavy atom. The Morgan fingerprint density at radius 1 is 1.24 bits per heavy atom. The number of hydrogen-bond acceptors (Lipinski definition) is 4. The van der Waals surface area contributed by atoms with E-state index in [9.17, 15) is 14.0 Å². The normalized spacial score (nSPS) is 11.7. The van der Waals surface area contributed by atoms with E-state index in [1.54, 1.807) is 24.3 Å². The minimum Gasteiger partial charge on any atom is -0.468 e. The molecule has 0 N–H and O–H groups in total. The van der Waals surface area contributed by atoms with Gasteiger partial charge in [0.15, 0.2) is 4.80 Å². The number of carbonyl (C=O) groups excluding carboxylic acids is 2. The lowest BCUT2D eigenvalue weighted by Crippen LogP contribution is -2.22. The SMILES string of the molecule is COC(=O)Cn1c(=NC(=O)c2ccc(Cl)cc2)sc2cc(F)ccc21. The van der Waals surface area contributed by atoms with Crippen LogP contribution >= 0.6 is 22.9 Å². The predicted octanol–water partition coefficient (Wildman–Crippen LogP) is 3.41. The number of fused-ring (bicyclic) bond motifs is 1. The van der Waals surface area contributed by atoms with E-state index >= 15 is 0 Å². The number of nitrogens with zero attached hydrogens (tertiary/aromatic N) is 2. The topological polar surface area (TPSA) is 60.7 Å². The van der Waals surface area contributed by atoms with Crippen molar-refractivity contribution in [1.29, 1.82) is 0 Å². The summed E-state index contributed by atoms with van der Waals surface area (Å²) >= 11 is 6.93. The predicted molar refractivity (Wildman–Crippen MR) is 93.1 cm³/mol. The summed E-state index contributed by atoms with van der Waals surface area (Å²) in [6.07, 6.45) is 0. The van der Waals surface area contributed by atoms with Crippen molar-refractivity contribution in [3.63, 3.8) is 0 Å². The van der Waals surface area contributed by atoms with Crippen LogP contribution in [0.2, 0.25) is 5.02 Å². The van der Waals surface area contributed by atoms with Crippen LogP contribution < -0.4 is 4.80 Å². The second kappa shape index (κ2) is 7.16. The van der Waals surface area contributed by atoms with E-state index in [1.807, 2.05) is 0 Å². The Hall–Kier alpha value is -2.51. The molecule has 0 unspecified atom stereocenters. The number of ether oxygens (including phenoxy) is 1. The van der Waals surface area contributed by atoms with Gasteiger partial charge in [0.1, 0.15) is 12.4 Å². The molecule has 3 aromatic rings. The Bertz CT molecular complexity index is 1020. The molecule has 5 nitrogen and oxygen atoms in total. The fourth-order valence-electron chi connectivity index (χ4n) is 2.22. The summed E-state index contributed by atoms with van der Waals surface area (Å²) < 4.78 is 20.3. The third-order valence-electron chi connectivity index (χ3n) is 3.45. The third-order valence-corrected chi connectivity index (χ3v) is 4.74. The number of methoxy groups -OCH3 is 1. The Kier molecular flexibility index (Phi) is 4.96. The standard InChI is InChI=1S/C17H12ClFN2O3S/c1-24-15(22)9-21-13-7-6-12(19)8-14(13)25-17(21)20-16(23)10-2-4-11(18)5-3-10/h2-8H,9H2,1H3. The fourth-order valence-corrected chi connectivity index (χ4v) is 3.40. The molecule has 128 valence electrons. The van der Waals surface area contributed by atoms with Crippen LogP contribution in [0.15, 0.2) is 47.5 Å². The number of thiazole rings is 1. The highest BCUT2D eigenvalue weighted by atomic mass is 35.5. The Labute approximate surface area is 151 Å². The number of aromatic nitrogens is 1. The van der Waals surface area contributed by atoms with Crippen molar-refractivity contribution in [2.75, 3.05) is 7.11 Å². The number of esters is 1. The lowest BCUT2D eigenvalue weighted by Gasteiger charge is -2.03. The van der Waals surface area contributed by atoms with Gasteiger partial charge in [-0.2, -0.15) is 4.99 Å². The lowest BCUT2D eigenvalue weighted by molar-refractivity contribution is -0.141. The van der Waals surface area contributed by atoms with Crippen molar-refractivity contribution in [3.8, 4) is 0 Å². The molecule has 0 saturated carbocycles. The number of rotatable bonds is 3. The smallest absolute Gasteiger partial charge is 0.325 e. The molecule has 25 heavy (non-hydrogen) atoms. The van der Waals surface area contributed by atoms with Crippen LogP contribution in [-0.4, -0.2) is 23.6 Å². The molecule has 0 spiro atoms. The summed E-state index contributed by atoms with van der Waals surface area (Å²) in [5.74, 6) is -1.39. The monoisotopic (exact) mass is 378 g/mol. The minimum absolute atomic E-state index is 0.130. The average molecular weight is 379 g/mol. The van der Waals surface area contributed by atoms with Crippen molar-refractivity contribution in [2.45, 2.75) is 6.54 Å². The first-order chi connectivity index (χ1) is 12.0. The number of benzene rings is 2. The van der Waals surface area contributed by atoms with Crippen molar-refractivity contribution in [1.82, 2.24) is 4.57 Å². The van der Waals surface area contributed by atoms with E-state index < -0.39 is 17.7 Å². The largest absolute Gasteiger partial charge is 0.468 e. The highest BCUT2D eigenvalue weighted by Crippen LogP contribution is 2.19. The zero-order valence-corrected chi connectivity index (χ0v) is 14.6. The molecule has 0 radical (unpaired) electrons. The fraction of sp³-hybridized carbons (Fsp3) is 0.118. The summed E-state index contributed by atoms with van der Waals surface area (Å²) in [7, 11) is 1.27. The summed E-state index contributed by atoms with van der Waals surface area (Å²) in [5, 5.41) is 0.509. The second-order valence-corrected chi connectivity index (χ2v) is 6.53. The highest BCUT2D eigenvalue weighted by Gasteiger charge is 2.13. The van der Waals surface area contributed by atoms with E-state index in [0.29, 0.717) is 20.8 Å². The molecule has 0 aliphatic carbocycles. The van der Waals surface area contributed by atoms with Crippen LogP contribution in [0.5, 0.6) is 0 Å². The van der Waals surface area contributed by atoms with Crippen LogP contribution in [0, 0.1) is 5.82 Å². The third kappa shape index (κ3) is 3.78. The van der Waals surface area contributed by atoms with Crippen molar-refractivity contribution < 1.29 is 18.7 Å². The van der Waals surface area contributed by atoms with Gasteiger partial charge >= 0.3 is 5.97 Å². The molecule has 1 amide bonds. The molecule has 0 aliphatic rings. The van der Waals surface area contributed by atoms with Crippen LogP contribution in [0.3, 0.4) is 0 Å². The van der Waals surface area contributed by atoms with Gasteiger partial charge in [-0.1, -0.05) is 22.9 Å². The van der Waals surface area contributed by atoms with Crippen LogP contribution in [0.4, 0.5) is 4.39 Å². The minimum atomic E-state index is -0.496. The number of carbonyl (C=O) groups is 2. The molecule has 8 heteroatoms. The van der Waals surface area contributed by atoms with E-state index in [2.05, 4.69) is 9.73 Å². The second-order valence-electron chi connectivity index (χ2n) is 5.08. The molecule has 2 aromatic carbocycles. The Morgan fingerprint density at radius 3 is 2.64 bits per heavy atom. The zero-order chi connectivity index (χ0) is 18.0. The molecule has 0 saturated heterocycles. The van der Waals surface area contributed by atoms with E-state index in [4.69, 9.17) is 11.6 Å². The summed E-state index contributed by atoms with van der Waals surface area (Å²) in [5.41, 5.74) is 0.956. The molecule has 1 aromatic heterocycles. The number of amides is 1. The summed E-state index contributed by atoms with van der Waals surface area (Å²) in [4.78, 5) is 28.4. The lowest BCUT2D eigenvalue weighted by atomic mass is 10.2. The molecular formula is C17H12ClFN2O3S. The Balaban J connectivity index is 2.13. The van der Waals surface area contributed by atoms with Crippen molar-refractivity contribution in [2.24, 2.45) is 4.99 Å². The molecule has 3 rings (SSSR count). The maximum Gasteiger partial charge on any atom is 0.325 e. The average Bonchev–Trinajstić information content (AvgIpc) is 2.91. The van der Waals surface area contributed by atoms with E-state index in [1.165, 1.54) is 29.9 Å². The maximum absolute atomic E-state index is 13.5. The maximum atomic E-state index is 13.5. The molecule has 0 atom stereocenters. The van der Waals surface area contributed by atoms with Gasteiger partial charge in [-0.05, 0) is 42.5 Å². The van der Waals surface area contributed by atoms with Gasteiger partial charge in [0.25, 0.3) is 5.91 Å². The van der Waals surface area contributed by atoms with Gasteiger partial charge in [0, 0.05) is 10.6 Å². The van der Waals surface area contributed by atoms with E-state index in [-0.39, 0.29) is 11.3 Å². The molecule has 0 fully saturated rings. The van der Waals surface area contributed by atoms with Gasteiger partial charge in [0.05, 0.1) is 17.3 Å². The summed E-state index contributed by atoms with van der Waals surface area (Å²) in [6.45, 7) is -0.130. The quantitative estimate of drug-likeness (QED) is 0.656. The molecule has 0 bridgehead atoms. The zero-order valence-electron chi connectivity index (χ0n) is 13.0. The number of halogens is 2. The molecule has 1 heterocycles. The summed E-state index contributed by atoms with van der Waals surface area (Å²) in [6, 6.07) is 10.5. The van der Waals surface area contributed by atoms with E-state index in [0.717, 1.165) is 11.3 Å². The first-order valence-corrected chi connectivity index (χ1v) is 8.37. The first kappa shape index (κ1) is 17.3. The van der Waals surface area contributed by atoms with Crippen molar-refractivity contribution >= 4 is 45.0 Å². The first-order valence-electron chi connectivity index (χ1n) is 7.18. The molecular weight excluding hydrogens is 367 g/mol. The van der Waals surface area contributed by atoms with Gasteiger partial charge < -0.3 is 9.30 Å². The van der Waals surface area contributed by atoms with Crippen LogP contribution in [0.25, 0.3) is 10.2 Å². The highest BCUT2D eigenvalue weighted by molar-refractivity contribution is 7.16.